The van der Waals surface area contributed by atoms with E-state index in [0.29, 0.717) is 12.3 Å². The lowest BCUT2D eigenvalue weighted by molar-refractivity contribution is -0.132. The molecule has 0 saturated carbocycles. The van der Waals surface area contributed by atoms with E-state index in [2.05, 4.69) is 71.1 Å². The van der Waals surface area contributed by atoms with Crippen LogP contribution in [0.25, 0.3) is 10.9 Å². The first kappa shape index (κ1) is 17.8. The van der Waals surface area contributed by atoms with Gasteiger partial charge in [-0.2, -0.15) is 0 Å². The van der Waals surface area contributed by atoms with E-state index in [4.69, 9.17) is 0 Å². The number of hydrogen-bond donors (Lipinski definition) is 0. The largest absolute Gasteiger partial charge is 0.343 e. The maximum absolute atomic E-state index is 12.6. The fraction of sp³-hybridized carbons (Fsp3) is 0.375. The number of fused-ring (bicyclic) bond motifs is 1. The predicted molar refractivity (Wildman–Crippen MR) is 111 cm³/mol. The molecule has 4 rings (SSSR count). The van der Waals surface area contributed by atoms with Crippen molar-refractivity contribution in [1.29, 1.82) is 0 Å². The number of carbonyl (C=O) groups excluding carboxylic acids is 1. The fourth-order valence-corrected chi connectivity index (χ4v) is 4.09. The number of aryl methyl sites for hydroxylation is 2. The second kappa shape index (κ2) is 7.99. The Hall–Kier alpha value is -2.55. The van der Waals surface area contributed by atoms with E-state index in [9.17, 15) is 4.79 Å². The van der Waals surface area contributed by atoms with Gasteiger partial charge >= 0.3 is 0 Å². The van der Waals surface area contributed by atoms with Crippen molar-refractivity contribution in [2.45, 2.75) is 45.6 Å². The molecule has 0 spiro atoms. The zero-order valence-electron chi connectivity index (χ0n) is 16.2. The van der Waals surface area contributed by atoms with Crippen molar-refractivity contribution in [3.05, 3.63) is 71.4 Å². The third-order valence-corrected chi connectivity index (χ3v) is 5.66. The highest BCUT2D eigenvalue weighted by atomic mass is 16.2. The van der Waals surface area contributed by atoms with Crippen molar-refractivity contribution in [1.82, 2.24) is 9.47 Å². The molecule has 1 saturated heterocycles. The number of rotatable bonds is 5. The molecule has 27 heavy (non-hydrogen) atoms. The monoisotopic (exact) mass is 360 g/mol. The molecule has 1 fully saturated rings. The van der Waals surface area contributed by atoms with Gasteiger partial charge in [-0.15, -0.1) is 0 Å². The van der Waals surface area contributed by atoms with E-state index in [1.54, 1.807) is 0 Å². The molecule has 3 heteroatoms. The molecule has 1 aliphatic heterocycles. The zero-order valence-corrected chi connectivity index (χ0v) is 16.2. The van der Waals surface area contributed by atoms with Crippen LogP contribution < -0.4 is 0 Å². The third kappa shape index (κ3) is 4.08. The van der Waals surface area contributed by atoms with Crippen molar-refractivity contribution in [3.63, 3.8) is 0 Å². The van der Waals surface area contributed by atoms with Crippen LogP contribution in [0.1, 0.15) is 42.4 Å². The lowest BCUT2D eigenvalue weighted by Crippen LogP contribution is -2.35. The fourth-order valence-electron chi connectivity index (χ4n) is 4.09. The van der Waals surface area contributed by atoms with Crippen LogP contribution in [0.4, 0.5) is 0 Å². The highest BCUT2D eigenvalue weighted by Gasteiger charge is 2.17. The highest BCUT2D eigenvalue weighted by molar-refractivity contribution is 5.85. The maximum atomic E-state index is 12.6. The first-order chi connectivity index (χ1) is 13.2. The average Bonchev–Trinajstić information content (AvgIpc) is 3.06. The number of piperidine rings is 1. The smallest absolute Gasteiger partial charge is 0.222 e. The minimum Gasteiger partial charge on any atom is -0.343 e. The van der Waals surface area contributed by atoms with Crippen LogP contribution in [0.2, 0.25) is 0 Å². The summed E-state index contributed by atoms with van der Waals surface area (Å²) in [7, 11) is 0. The number of amides is 1. The lowest BCUT2D eigenvalue weighted by atomic mass is 10.1. The third-order valence-electron chi connectivity index (χ3n) is 5.66. The van der Waals surface area contributed by atoms with Crippen LogP contribution in [-0.4, -0.2) is 28.5 Å². The van der Waals surface area contributed by atoms with Gasteiger partial charge in [-0.25, -0.2) is 0 Å². The van der Waals surface area contributed by atoms with Crippen LogP contribution in [0.3, 0.4) is 0 Å². The number of carbonyl (C=O) groups is 1. The Bertz CT molecular complexity index is 917. The molecule has 0 atom stereocenters. The van der Waals surface area contributed by atoms with Gasteiger partial charge in [0.1, 0.15) is 0 Å². The minimum absolute atomic E-state index is 0.310. The number of likely N-dealkylation sites (tertiary alicyclic amines) is 1. The Balaban J connectivity index is 1.52. The number of aromatic nitrogens is 1. The summed E-state index contributed by atoms with van der Waals surface area (Å²) in [6.45, 7) is 4.86. The van der Waals surface area contributed by atoms with Crippen LogP contribution >= 0.6 is 0 Å². The molecule has 2 aromatic carbocycles. The SMILES string of the molecule is Cc1ccc(Cn2cc(CCC(=O)N3CCCCC3)c3ccccc32)cc1. The van der Waals surface area contributed by atoms with Crippen molar-refractivity contribution in [2.75, 3.05) is 13.1 Å². The number of benzene rings is 2. The van der Waals surface area contributed by atoms with E-state index in [1.165, 1.54) is 34.0 Å². The normalized spacial score (nSPS) is 14.6. The Labute approximate surface area is 161 Å². The highest BCUT2D eigenvalue weighted by Crippen LogP contribution is 2.24. The Morgan fingerprint density at radius 2 is 1.70 bits per heavy atom. The molecular weight excluding hydrogens is 332 g/mol. The molecule has 0 N–H and O–H groups in total. The van der Waals surface area contributed by atoms with Crippen molar-refractivity contribution in [2.24, 2.45) is 0 Å². The Morgan fingerprint density at radius 1 is 0.963 bits per heavy atom. The van der Waals surface area contributed by atoms with E-state index >= 15 is 0 Å². The van der Waals surface area contributed by atoms with Crippen molar-refractivity contribution in [3.8, 4) is 0 Å². The van der Waals surface area contributed by atoms with Gasteiger partial charge in [0.15, 0.2) is 0 Å². The van der Waals surface area contributed by atoms with Gasteiger partial charge < -0.3 is 9.47 Å². The second-order valence-corrected chi connectivity index (χ2v) is 7.73. The summed E-state index contributed by atoms with van der Waals surface area (Å²) in [5, 5.41) is 1.27. The van der Waals surface area contributed by atoms with Gasteiger partial charge in [-0.05, 0) is 49.8 Å². The van der Waals surface area contributed by atoms with E-state index in [0.717, 1.165) is 38.9 Å². The molecule has 3 aromatic rings. The van der Waals surface area contributed by atoms with Crippen LogP contribution in [0.15, 0.2) is 54.7 Å². The standard InChI is InChI=1S/C24H28N2O/c1-19-9-11-20(12-10-19)17-26-18-21(22-7-3-4-8-23(22)26)13-14-24(27)25-15-5-2-6-16-25/h3-4,7-12,18H,2,5-6,13-17H2,1H3. The summed E-state index contributed by atoms with van der Waals surface area (Å²) in [6, 6.07) is 17.3. The summed E-state index contributed by atoms with van der Waals surface area (Å²) in [6.07, 6.45) is 7.24. The van der Waals surface area contributed by atoms with Crippen LogP contribution in [-0.2, 0) is 17.8 Å². The molecule has 0 aliphatic carbocycles. The van der Waals surface area contributed by atoms with Crippen LogP contribution in [0.5, 0.6) is 0 Å². The summed E-state index contributed by atoms with van der Waals surface area (Å²) < 4.78 is 2.32. The van der Waals surface area contributed by atoms with Crippen LogP contribution in [0, 0.1) is 6.92 Å². The molecule has 0 bridgehead atoms. The first-order valence-electron chi connectivity index (χ1n) is 10.1. The molecule has 140 valence electrons. The summed E-state index contributed by atoms with van der Waals surface area (Å²) >= 11 is 0. The Kier molecular flexibility index (Phi) is 5.28. The van der Waals surface area contributed by atoms with Crippen molar-refractivity contribution >= 4 is 16.8 Å². The topological polar surface area (TPSA) is 25.2 Å². The van der Waals surface area contributed by atoms with Crippen molar-refractivity contribution < 1.29 is 4.79 Å². The molecule has 0 unspecified atom stereocenters. The average molecular weight is 361 g/mol. The van der Waals surface area contributed by atoms with Gasteiger partial charge in [-0.3, -0.25) is 4.79 Å². The van der Waals surface area contributed by atoms with Gasteiger partial charge in [0, 0.05) is 43.2 Å². The minimum atomic E-state index is 0.310. The quantitative estimate of drug-likeness (QED) is 0.632. The molecule has 1 aromatic heterocycles. The zero-order chi connectivity index (χ0) is 18.6. The van der Waals surface area contributed by atoms with E-state index in [-0.39, 0.29) is 0 Å². The summed E-state index contributed by atoms with van der Waals surface area (Å²) in [5.41, 5.74) is 5.12. The molecule has 1 aliphatic rings. The number of para-hydroxylation sites is 1. The molecule has 2 heterocycles. The summed E-state index contributed by atoms with van der Waals surface area (Å²) in [4.78, 5) is 14.6. The second-order valence-electron chi connectivity index (χ2n) is 7.73. The Morgan fingerprint density at radius 3 is 2.48 bits per heavy atom. The van der Waals surface area contributed by atoms with Gasteiger partial charge in [0.05, 0.1) is 0 Å². The molecular formula is C24H28N2O. The lowest BCUT2D eigenvalue weighted by Gasteiger charge is -2.26. The van der Waals surface area contributed by atoms with Gasteiger partial charge in [-0.1, -0.05) is 48.0 Å². The number of hydrogen-bond acceptors (Lipinski definition) is 1. The van der Waals surface area contributed by atoms with Gasteiger partial charge in [0.2, 0.25) is 5.91 Å². The maximum Gasteiger partial charge on any atom is 0.222 e. The van der Waals surface area contributed by atoms with Gasteiger partial charge in [0.25, 0.3) is 0 Å². The summed E-state index contributed by atoms with van der Waals surface area (Å²) in [5.74, 6) is 0.310. The molecule has 1 amide bonds. The number of nitrogens with zero attached hydrogens (tertiary/aromatic N) is 2. The predicted octanol–water partition coefficient (Wildman–Crippen LogP) is 4.94. The van der Waals surface area contributed by atoms with E-state index in [1.807, 2.05) is 0 Å². The van der Waals surface area contributed by atoms with E-state index < -0.39 is 0 Å². The molecule has 3 nitrogen and oxygen atoms in total. The molecule has 0 radical (unpaired) electrons. The first-order valence-corrected chi connectivity index (χ1v) is 10.1.